The van der Waals surface area contributed by atoms with Gasteiger partial charge in [-0.25, -0.2) is 0 Å². The Hall–Kier alpha value is -0.470. The van der Waals surface area contributed by atoms with Gasteiger partial charge in [0.15, 0.2) is 0 Å². The van der Waals surface area contributed by atoms with Crippen molar-refractivity contribution in [2.24, 2.45) is 0 Å². The first-order valence-electron chi connectivity index (χ1n) is 5.31. The highest BCUT2D eigenvalue weighted by Gasteiger charge is 2.17. The second kappa shape index (κ2) is 6.19. The van der Waals surface area contributed by atoms with Crippen molar-refractivity contribution in [3.05, 3.63) is 35.9 Å². The Morgan fingerprint density at radius 3 is 2.47 bits per heavy atom. The molecule has 1 aromatic carbocycles. The number of benzene rings is 1. The fraction of sp³-hybridized carbons (Fsp3) is 0.538. The minimum atomic E-state index is -0.0150. The van der Waals surface area contributed by atoms with Crippen molar-refractivity contribution in [2.75, 3.05) is 12.0 Å². The van der Waals surface area contributed by atoms with Crippen LogP contribution in [0.1, 0.15) is 25.8 Å². The molecule has 0 fully saturated rings. The summed E-state index contributed by atoms with van der Waals surface area (Å²) in [6, 6.07) is 10.3. The van der Waals surface area contributed by atoms with E-state index >= 15 is 0 Å². The molecule has 0 unspecified atom stereocenters. The van der Waals surface area contributed by atoms with E-state index in [1.165, 1.54) is 5.56 Å². The largest absolute Gasteiger partial charge is 0.371 e. The molecule has 2 heteroatoms. The maximum Gasteiger partial charge on any atom is 0.0724 e. The summed E-state index contributed by atoms with van der Waals surface area (Å²) in [5, 5.41) is 0. The molecule has 0 saturated carbocycles. The zero-order valence-corrected chi connectivity index (χ0v) is 10.6. The number of ether oxygens (including phenoxy) is 1. The summed E-state index contributed by atoms with van der Waals surface area (Å²) in [5.41, 5.74) is 1.23. The van der Waals surface area contributed by atoms with Gasteiger partial charge in [-0.15, -0.1) is 0 Å². The zero-order valence-electron chi connectivity index (χ0n) is 9.82. The predicted molar refractivity (Wildman–Crippen MR) is 68.3 cm³/mol. The topological polar surface area (TPSA) is 9.23 Å². The van der Waals surface area contributed by atoms with Crippen LogP contribution in [0.25, 0.3) is 0 Å². The molecular formula is C13H20OS. The van der Waals surface area contributed by atoms with Crippen molar-refractivity contribution in [1.82, 2.24) is 0 Å². The normalized spacial score (nSPS) is 11.7. The Morgan fingerprint density at radius 1 is 1.20 bits per heavy atom. The summed E-state index contributed by atoms with van der Waals surface area (Å²) in [5.74, 6) is 1.15. The smallest absolute Gasteiger partial charge is 0.0724 e. The van der Waals surface area contributed by atoms with Crippen molar-refractivity contribution in [2.45, 2.75) is 32.5 Å². The maximum atomic E-state index is 5.90. The first-order valence-corrected chi connectivity index (χ1v) is 6.70. The van der Waals surface area contributed by atoms with Crippen LogP contribution in [0.15, 0.2) is 30.3 Å². The number of thioether (sulfide) groups is 1. The molecule has 84 valence electrons. The van der Waals surface area contributed by atoms with Crippen molar-refractivity contribution in [1.29, 1.82) is 0 Å². The van der Waals surface area contributed by atoms with Crippen LogP contribution in [0, 0.1) is 0 Å². The van der Waals surface area contributed by atoms with Crippen LogP contribution >= 0.6 is 11.8 Å². The fourth-order valence-corrected chi connectivity index (χ4v) is 1.97. The van der Waals surface area contributed by atoms with E-state index in [0.29, 0.717) is 6.61 Å². The highest BCUT2D eigenvalue weighted by atomic mass is 32.2. The van der Waals surface area contributed by atoms with Gasteiger partial charge in [0, 0.05) is 0 Å². The molecule has 0 amide bonds. The van der Waals surface area contributed by atoms with Gasteiger partial charge in [-0.05, 0) is 37.8 Å². The zero-order chi connectivity index (χ0) is 11.1. The molecule has 0 bridgehead atoms. The summed E-state index contributed by atoms with van der Waals surface area (Å²) >= 11 is 1.87. The van der Waals surface area contributed by atoms with Gasteiger partial charge in [0.25, 0.3) is 0 Å². The Labute approximate surface area is 97.2 Å². The number of hydrogen-bond donors (Lipinski definition) is 0. The molecule has 0 aromatic heterocycles. The average Bonchev–Trinajstić information content (AvgIpc) is 2.25. The van der Waals surface area contributed by atoms with Crippen LogP contribution < -0.4 is 0 Å². The van der Waals surface area contributed by atoms with E-state index in [4.69, 9.17) is 4.74 Å². The fourth-order valence-electron chi connectivity index (χ4n) is 1.27. The van der Waals surface area contributed by atoms with E-state index in [-0.39, 0.29) is 5.60 Å². The Kier molecular flexibility index (Phi) is 5.20. The molecule has 0 aliphatic rings. The van der Waals surface area contributed by atoms with E-state index in [1.54, 1.807) is 0 Å². The SMILES string of the molecule is CSCCC(C)(C)OCc1ccccc1. The van der Waals surface area contributed by atoms with Gasteiger partial charge in [0.1, 0.15) is 0 Å². The van der Waals surface area contributed by atoms with E-state index in [0.717, 1.165) is 12.2 Å². The van der Waals surface area contributed by atoms with Crippen molar-refractivity contribution in [3.63, 3.8) is 0 Å². The van der Waals surface area contributed by atoms with Crippen LogP contribution in [0.4, 0.5) is 0 Å². The molecule has 0 spiro atoms. The lowest BCUT2D eigenvalue weighted by Gasteiger charge is -2.25. The van der Waals surface area contributed by atoms with Crippen LogP contribution in [-0.4, -0.2) is 17.6 Å². The summed E-state index contributed by atoms with van der Waals surface area (Å²) in [6.45, 7) is 5.03. The minimum absolute atomic E-state index is 0.0150. The lowest BCUT2D eigenvalue weighted by molar-refractivity contribution is -0.0307. The van der Waals surface area contributed by atoms with E-state index in [9.17, 15) is 0 Å². The summed E-state index contributed by atoms with van der Waals surface area (Å²) in [6.07, 6.45) is 3.23. The van der Waals surface area contributed by atoms with E-state index in [1.807, 2.05) is 30.0 Å². The first kappa shape index (κ1) is 12.6. The van der Waals surface area contributed by atoms with Crippen LogP contribution in [-0.2, 0) is 11.3 Å². The molecule has 1 rings (SSSR count). The van der Waals surface area contributed by atoms with Crippen LogP contribution in [0.5, 0.6) is 0 Å². The van der Waals surface area contributed by atoms with Crippen molar-refractivity contribution in [3.8, 4) is 0 Å². The molecule has 1 aromatic rings. The van der Waals surface area contributed by atoms with Gasteiger partial charge < -0.3 is 4.74 Å². The lowest BCUT2D eigenvalue weighted by atomic mass is 10.1. The monoisotopic (exact) mass is 224 g/mol. The Balaban J connectivity index is 2.35. The minimum Gasteiger partial charge on any atom is -0.371 e. The van der Waals surface area contributed by atoms with Crippen molar-refractivity contribution >= 4 is 11.8 Å². The molecule has 1 nitrogen and oxygen atoms in total. The Morgan fingerprint density at radius 2 is 1.87 bits per heavy atom. The second-order valence-electron chi connectivity index (χ2n) is 4.28. The highest BCUT2D eigenvalue weighted by molar-refractivity contribution is 7.98. The number of rotatable bonds is 6. The van der Waals surface area contributed by atoms with Crippen molar-refractivity contribution < 1.29 is 4.74 Å². The summed E-state index contributed by atoms with van der Waals surface area (Å²) in [4.78, 5) is 0. The first-order chi connectivity index (χ1) is 7.14. The van der Waals surface area contributed by atoms with Gasteiger partial charge in [0.05, 0.1) is 12.2 Å². The van der Waals surface area contributed by atoms with Crippen LogP contribution in [0.3, 0.4) is 0 Å². The van der Waals surface area contributed by atoms with Gasteiger partial charge in [-0.3, -0.25) is 0 Å². The number of hydrogen-bond acceptors (Lipinski definition) is 2. The third-order valence-electron chi connectivity index (χ3n) is 2.38. The standard InChI is InChI=1S/C13H20OS/c1-13(2,9-10-15-3)14-11-12-7-5-4-6-8-12/h4-8H,9-11H2,1-3H3. The predicted octanol–water partition coefficient (Wildman–Crippen LogP) is 3.73. The van der Waals surface area contributed by atoms with Crippen LogP contribution in [0.2, 0.25) is 0 Å². The van der Waals surface area contributed by atoms with Gasteiger partial charge in [-0.2, -0.15) is 11.8 Å². The lowest BCUT2D eigenvalue weighted by Crippen LogP contribution is -2.24. The van der Waals surface area contributed by atoms with Gasteiger partial charge in [-0.1, -0.05) is 30.3 Å². The molecule has 0 radical (unpaired) electrons. The Bertz CT molecular complexity index is 269. The summed E-state index contributed by atoms with van der Waals surface area (Å²) < 4.78 is 5.90. The van der Waals surface area contributed by atoms with Gasteiger partial charge >= 0.3 is 0 Å². The third-order valence-corrected chi connectivity index (χ3v) is 2.99. The quantitative estimate of drug-likeness (QED) is 0.728. The molecule has 0 atom stereocenters. The second-order valence-corrected chi connectivity index (χ2v) is 5.26. The third kappa shape index (κ3) is 5.24. The molecule has 0 aliphatic carbocycles. The average molecular weight is 224 g/mol. The molecule has 0 N–H and O–H groups in total. The molecule has 0 saturated heterocycles. The maximum absolute atomic E-state index is 5.90. The van der Waals surface area contributed by atoms with Gasteiger partial charge in [0.2, 0.25) is 0 Å². The molecule has 0 heterocycles. The molecular weight excluding hydrogens is 204 g/mol. The highest BCUT2D eigenvalue weighted by Crippen LogP contribution is 2.18. The van der Waals surface area contributed by atoms with E-state index in [2.05, 4.69) is 32.2 Å². The summed E-state index contributed by atoms with van der Waals surface area (Å²) in [7, 11) is 0. The molecule has 0 aliphatic heterocycles. The molecule has 15 heavy (non-hydrogen) atoms. The van der Waals surface area contributed by atoms with E-state index < -0.39 is 0 Å².